The van der Waals surface area contributed by atoms with Crippen LogP contribution in [0.1, 0.15) is 30.4 Å². The largest absolute Gasteiger partial charge is 0.493 e. The number of methoxy groups -OCH3 is 2. The highest BCUT2D eigenvalue weighted by Crippen LogP contribution is 2.27. The number of nitrogens with one attached hydrogen (secondary N) is 1. The van der Waals surface area contributed by atoms with Crippen LogP contribution in [0.25, 0.3) is 0 Å². The third kappa shape index (κ3) is 6.49. The van der Waals surface area contributed by atoms with Gasteiger partial charge in [-0.2, -0.15) is 0 Å². The van der Waals surface area contributed by atoms with Gasteiger partial charge in [-0.05, 0) is 48.9 Å². The van der Waals surface area contributed by atoms with Crippen molar-refractivity contribution in [3.63, 3.8) is 0 Å². The molecule has 0 saturated carbocycles. The van der Waals surface area contributed by atoms with Crippen LogP contribution in [0, 0.1) is 0 Å². The smallest absolute Gasteiger partial charge is 0.220 e. The van der Waals surface area contributed by atoms with E-state index in [1.807, 2.05) is 24.3 Å². The van der Waals surface area contributed by atoms with Gasteiger partial charge in [-0.25, -0.2) is 0 Å². The molecule has 2 aromatic rings. The number of hydrogen-bond acceptors (Lipinski definition) is 3. The molecule has 0 aromatic heterocycles. The van der Waals surface area contributed by atoms with Gasteiger partial charge in [0.15, 0.2) is 11.5 Å². The fourth-order valence-corrected chi connectivity index (χ4v) is 2.71. The third-order valence-electron chi connectivity index (χ3n) is 4.15. The molecule has 25 heavy (non-hydrogen) atoms. The molecular weight excluding hydrogens is 314 g/mol. The van der Waals surface area contributed by atoms with Crippen molar-refractivity contribution < 1.29 is 14.3 Å². The topological polar surface area (TPSA) is 47.6 Å². The molecule has 0 unspecified atom stereocenters. The monoisotopic (exact) mass is 341 g/mol. The van der Waals surface area contributed by atoms with Gasteiger partial charge in [0.25, 0.3) is 0 Å². The summed E-state index contributed by atoms with van der Waals surface area (Å²) >= 11 is 0. The van der Waals surface area contributed by atoms with Crippen LogP contribution in [-0.2, 0) is 17.6 Å². The van der Waals surface area contributed by atoms with E-state index in [0.29, 0.717) is 24.3 Å². The van der Waals surface area contributed by atoms with Crippen LogP contribution in [0.5, 0.6) is 11.5 Å². The Hall–Kier alpha value is -2.49. The van der Waals surface area contributed by atoms with Crippen molar-refractivity contribution in [1.82, 2.24) is 5.32 Å². The molecule has 2 aromatic carbocycles. The molecule has 4 nitrogen and oxygen atoms in total. The van der Waals surface area contributed by atoms with E-state index >= 15 is 0 Å². The van der Waals surface area contributed by atoms with E-state index in [1.54, 1.807) is 14.2 Å². The van der Waals surface area contributed by atoms with E-state index in [-0.39, 0.29) is 5.91 Å². The molecule has 134 valence electrons. The minimum Gasteiger partial charge on any atom is -0.493 e. The molecule has 2 rings (SSSR count). The van der Waals surface area contributed by atoms with Gasteiger partial charge in [0.2, 0.25) is 5.91 Å². The first-order valence-electron chi connectivity index (χ1n) is 8.74. The second kappa shape index (κ2) is 10.4. The Bertz CT molecular complexity index is 655. The van der Waals surface area contributed by atoms with E-state index in [0.717, 1.165) is 31.4 Å². The molecule has 0 heterocycles. The Balaban J connectivity index is 1.64. The van der Waals surface area contributed by atoms with Crippen LogP contribution in [0.15, 0.2) is 48.5 Å². The molecule has 0 atom stereocenters. The molecule has 0 spiro atoms. The SMILES string of the molecule is COc1ccc(CCC(=O)NCCCCc2ccccc2)cc1OC. The van der Waals surface area contributed by atoms with Gasteiger partial charge in [0.1, 0.15) is 0 Å². The molecule has 1 N–H and O–H groups in total. The first-order chi connectivity index (χ1) is 12.2. The van der Waals surface area contributed by atoms with Crippen molar-refractivity contribution in [3.8, 4) is 11.5 Å². The number of ether oxygens (including phenoxy) is 2. The Morgan fingerprint density at radius 2 is 1.64 bits per heavy atom. The van der Waals surface area contributed by atoms with Gasteiger partial charge < -0.3 is 14.8 Å². The number of aryl methyl sites for hydroxylation is 2. The summed E-state index contributed by atoms with van der Waals surface area (Å²) in [4.78, 5) is 12.0. The van der Waals surface area contributed by atoms with Gasteiger partial charge in [0, 0.05) is 13.0 Å². The summed E-state index contributed by atoms with van der Waals surface area (Å²) in [6.45, 7) is 0.734. The standard InChI is InChI=1S/C21H27NO3/c1-24-19-13-11-18(16-20(19)25-2)12-14-21(23)22-15-7-6-10-17-8-4-3-5-9-17/h3-5,8-9,11,13,16H,6-7,10,12,14-15H2,1-2H3,(H,22,23). The summed E-state index contributed by atoms with van der Waals surface area (Å²) in [7, 11) is 3.23. The summed E-state index contributed by atoms with van der Waals surface area (Å²) in [5.41, 5.74) is 2.42. The molecule has 0 fully saturated rings. The molecule has 0 bridgehead atoms. The maximum absolute atomic E-state index is 12.0. The van der Waals surface area contributed by atoms with Gasteiger partial charge >= 0.3 is 0 Å². The van der Waals surface area contributed by atoms with Crippen molar-refractivity contribution in [2.45, 2.75) is 32.1 Å². The minimum absolute atomic E-state index is 0.0921. The normalized spacial score (nSPS) is 10.3. The van der Waals surface area contributed by atoms with E-state index < -0.39 is 0 Å². The molecule has 1 amide bonds. The van der Waals surface area contributed by atoms with Crippen molar-refractivity contribution >= 4 is 5.91 Å². The third-order valence-corrected chi connectivity index (χ3v) is 4.15. The average Bonchev–Trinajstić information content (AvgIpc) is 2.66. The maximum Gasteiger partial charge on any atom is 0.220 e. The zero-order chi connectivity index (χ0) is 17.9. The Morgan fingerprint density at radius 3 is 2.36 bits per heavy atom. The Labute approximate surface area is 150 Å². The van der Waals surface area contributed by atoms with Crippen LogP contribution in [0.2, 0.25) is 0 Å². The predicted octanol–water partition coefficient (Wildman–Crippen LogP) is 3.78. The van der Waals surface area contributed by atoms with Crippen LogP contribution < -0.4 is 14.8 Å². The Kier molecular flexibility index (Phi) is 7.83. The summed E-state index contributed by atoms with van der Waals surface area (Å²) < 4.78 is 10.5. The van der Waals surface area contributed by atoms with Crippen LogP contribution >= 0.6 is 0 Å². The van der Waals surface area contributed by atoms with Gasteiger partial charge in [0.05, 0.1) is 14.2 Å². The highest BCUT2D eigenvalue weighted by molar-refractivity contribution is 5.76. The lowest BCUT2D eigenvalue weighted by Gasteiger charge is -2.10. The number of benzene rings is 2. The number of carbonyl (C=O) groups excluding carboxylic acids is 1. The van der Waals surface area contributed by atoms with E-state index in [2.05, 4.69) is 29.6 Å². The van der Waals surface area contributed by atoms with Crippen molar-refractivity contribution in [1.29, 1.82) is 0 Å². The second-order valence-electron chi connectivity index (χ2n) is 5.98. The number of carbonyl (C=O) groups is 1. The van der Waals surface area contributed by atoms with Crippen LogP contribution in [-0.4, -0.2) is 26.7 Å². The number of unbranched alkanes of at least 4 members (excludes halogenated alkanes) is 1. The molecule has 0 aliphatic carbocycles. The van der Waals surface area contributed by atoms with E-state index in [1.165, 1.54) is 5.56 Å². The molecule has 0 radical (unpaired) electrons. The fraction of sp³-hybridized carbons (Fsp3) is 0.381. The van der Waals surface area contributed by atoms with E-state index in [4.69, 9.17) is 9.47 Å². The van der Waals surface area contributed by atoms with Crippen LogP contribution in [0.3, 0.4) is 0 Å². The number of amides is 1. The quantitative estimate of drug-likeness (QED) is 0.669. The predicted molar refractivity (Wildman–Crippen MR) is 100 cm³/mol. The zero-order valence-corrected chi connectivity index (χ0v) is 15.1. The highest BCUT2D eigenvalue weighted by Gasteiger charge is 2.06. The molecule has 0 aliphatic heterocycles. The van der Waals surface area contributed by atoms with Gasteiger partial charge in [-0.3, -0.25) is 4.79 Å². The number of hydrogen-bond donors (Lipinski definition) is 1. The summed E-state index contributed by atoms with van der Waals surface area (Å²) in [5.74, 6) is 1.49. The zero-order valence-electron chi connectivity index (χ0n) is 15.1. The number of rotatable bonds is 10. The molecule has 4 heteroatoms. The lowest BCUT2D eigenvalue weighted by molar-refractivity contribution is -0.121. The first kappa shape index (κ1) is 18.8. The molecule has 0 saturated heterocycles. The lowest BCUT2D eigenvalue weighted by atomic mass is 10.1. The highest BCUT2D eigenvalue weighted by atomic mass is 16.5. The van der Waals surface area contributed by atoms with E-state index in [9.17, 15) is 4.79 Å². The first-order valence-corrected chi connectivity index (χ1v) is 8.74. The Morgan fingerprint density at radius 1 is 0.880 bits per heavy atom. The van der Waals surface area contributed by atoms with Gasteiger partial charge in [-0.15, -0.1) is 0 Å². The van der Waals surface area contributed by atoms with Crippen LogP contribution in [0.4, 0.5) is 0 Å². The summed E-state index contributed by atoms with van der Waals surface area (Å²) in [6.07, 6.45) is 4.31. The maximum atomic E-state index is 12.0. The molecular formula is C21H27NO3. The molecule has 0 aliphatic rings. The minimum atomic E-state index is 0.0921. The second-order valence-corrected chi connectivity index (χ2v) is 5.98. The fourth-order valence-electron chi connectivity index (χ4n) is 2.71. The summed E-state index contributed by atoms with van der Waals surface area (Å²) in [6, 6.07) is 16.2. The van der Waals surface area contributed by atoms with Crippen molar-refractivity contribution in [2.24, 2.45) is 0 Å². The van der Waals surface area contributed by atoms with Crippen molar-refractivity contribution in [2.75, 3.05) is 20.8 Å². The summed E-state index contributed by atoms with van der Waals surface area (Å²) in [5, 5.41) is 3.00. The lowest BCUT2D eigenvalue weighted by Crippen LogP contribution is -2.24. The average molecular weight is 341 g/mol. The van der Waals surface area contributed by atoms with Crippen molar-refractivity contribution in [3.05, 3.63) is 59.7 Å². The van der Waals surface area contributed by atoms with Gasteiger partial charge in [-0.1, -0.05) is 36.4 Å².